The van der Waals surface area contributed by atoms with Gasteiger partial charge in [-0.05, 0) is 57.9 Å². The second-order valence-electron chi connectivity index (χ2n) is 7.49. The third kappa shape index (κ3) is 2.97. The summed E-state index contributed by atoms with van der Waals surface area (Å²) in [4.78, 5) is 26.4. The maximum atomic E-state index is 12.6. The molecule has 2 aromatic heterocycles. The lowest BCUT2D eigenvalue weighted by Crippen LogP contribution is -2.25. The van der Waals surface area contributed by atoms with Crippen LogP contribution in [0.5, 0.6) is 0 Å². The van der Waals surface area contributed by atoms with E-state index >= 15 is 0 Å². The highest BCUT2D eigenvalue weighted by molar-refractivity contribution is 6.03. The first-order valence-corrected chi connectivity index (χ1v) is 8.36. The third-order valence-corrected chi connectivity index (χ3v) is 4.28. The summed E-state index contributed by atoms with van der Waals surface area (Å²) < 4.78 is 6.92. The number of rotatable bonds is 3. The fourth-order valence-electron chi connectivity index (χ4n) is 2.94. The van der Waals surface area contributed by atoms with Crippen LogP contribution in [0.1, 0.15) is 55.7 Å². The molecule has 0 saturated heterocycles. The fraction of sp³-hybridized carbons (Fsp3) is 0.389. The quantitative estimate of drug-likeness (QED) is 0.766. The van der Waals surface area contributed by atoms with E-state index in [-0.39, 0.29) is 11.4 Å². The smallest absolute Gasteiger partial charge is 0.408 e. The number of amides is 1. The van der Waals surface area contributed by atoms with Crippen LogP contribution in [-0.4, -0.2) is 20.7 Å². The van der Waals surface area contributed by atoms with Crippen LogP contribution in [0.3, 0.4) is 0 Å². The minimum atomic E-state index is -0.517. The summed E-state index contributed by atoms with van der Waals surface area (Å²) in [5.41, 5.74) is 2.92. The number of anilines is 1. The van der Waals surface area contributed by atoms with Gasteiger partial charge >= 0.3 is 5.76 Å². The topological polar surface area (TPSA) is 92.9 Å². The van der Waals surface area contributed by atoms with E-state index in [9.17, 15) is 9.59 Å². The van der Waals surface area contributed by atoms with E-state index in [4.69, 9.17) is 4.42 Å². The molecular weight excluding hydrogens is 320 g/mol. The molecule has 7 heteroatoms. The molecule has 2 heterocycles. The first kappa shape index (κ1) is 15.7. The third-order valence-electron chi connectivity index (χ3n) is 4.28. The SMILES string of the molecule is CC(C)(C)n1nc(C(=O)Nc2ccc3oc(=O)[nH]c3c2)cc1C1CC1. The first-order valence-electron chi connectivity index (χ1n) is 8.36. The van der Waals surface area contributed by atoms with Gasteiger partial charge in [0.1, 0.15) is 0 Å². The number of hydrogen-bond acceptors (Lipinski definition) is 4. The molecule has 2 N–H and O–H groups in total. The summed E-state index contributed by atoms with van der Waals surface area (Å²) >= 11 is 0. The Balaban J connectivity index is 1.62. The van der Waals surface area contributed by atoms with Crippen LogP contribution >= 0.6 is 0 Å². The van der Waals surface area contributed by atoms with E-state index in [0.717, 1.165) is 18.5 Å². The lowest BCUT2D eigenvalue weighted by molar-refractivity contribution is 0.102. The van der Waals surface area contributed by atoms with Gasteiger partial charge in [0.2, 0.25) is 0 Å². The van der Waals surface area contributed by atoms with Crippen LogP contribution in [0, 0.1) is 0 Å². The van der Waals surface area contributed by atoms with Gasteiger partial charge in [0.05, 0.1) is 11.1 Å². The molecule has 0 atom stereocenters. The number of carbonyl (C=O) groups excluding carboxylic acids is 1. The Bertz CT molecular complexity index is 1020. The van der Waals surface area contributed by atoms with Gasteiger partial charge in [-0.15, -0.1) is 0 Å². The predicted octanol–water partition coefficient (Wildman–Crippen LogP) is 3.20. The Labute approximate surface area is 144 Å². The molecule has 1 aliphatic carbocycles. The summed E-state index contributed by atoms with van der Waals surface area (Å²) in [7, 11) is 0. The summed E-state index contributed by atoms with van der Waals surface area (Å²) in [6, 6.07) is 6.89. The van der Waals surface area contributed by atoms with E-state index in [2.05, 4.69) is 36.2 Å². The predicted molar refractivity (Wildman–Crippen MR) is 94.0 cm³/mol. The van der Waals surface area contributed by atoms with Gasteiger partial charge in [0.25, 0.3) is 5.91 Å². The number of benzene rings is 1. The Morgan fingerprint density at radius 2 is 2.08 bits per heavy atom. The van der Waals surface area contributed by atoms with Gasteiger partial charge in [-0.2, -0.15) is 5.10 Å². The molecule has 0 bridgehead atoms. The number of carbonyl (C=O) groups is 1. The van der Waals surface area contributed by atoms with Crippen LogP contribution in [-0.2, 0) is 5.54 Å². The Morgan fingerprint density at radius 3 is 2.76 bits per heavy atom. The molecule has 3 aromatic rings. The highest BCUT2D eigenvalue weighted by atomic mass is 16.4. The van der Waals surface area contributed by atoms with Crippen molar-refractivity contribution in [1.82, 2.24) is 14.8 Å². The number of aromatic amines is 1. The molecule has 1 saturated carbocycles. The van der Waals surface area contributed by atoms with Gasteiger partial charge in [0.15, 0.2) is 11.3 Å². The molecule has 7 nitrogen and oxygen atoms in total. The highest BCUT2D eigenvalue weighted by Crippen LogP contribution is 2.41. The zero-order valence-electron chi connectivity index (χ0n) is 14.4. The normalized spacial score (nSPS) is 14.8. The first-order chi connectivity index (χ1) is 11.8. The molecule has 1 fully saturated rings. The molecule has 1 aliphatic rings. The largest absolute Gasteiger partial charge is 0.417 e. The summed E-state index contributed by atoms with van der Waals surface area (Å²) in [6.45, 7) is 6.24. The lowest BCUT2D eigenvalue weighted by Gasteiger charge is -2.22. The van der Waals surface area contributed by atoms with E-state index in [1.165, 1.54) is 0 Å². The molecule has 1 aromatic carbocycles. The van der Waals surface area contributed by atoms with Gasteiger partial charge in [0, 0.05) is 17.3 Å². The van der Waals surface area contributed by atoms with E-state index in [1.807, 2.05) is 10.7 Å². The zero-order chi connectivity index (χ0) is 17.8. The minimum Gasteiger partial charge on any atom is -0.408 e. The number of fused-ring (bicyclic) bond motifs is 1. The molecule has 0 unspecified atom stereocenters. The van der Waals surface area contributed by atoms with Crippen molar-refractivity contribution < 1.29 is 9.21 Å². The maximum absolute atomic E-state index is 12.6. The molecule has 0 spiro atoms. The molecule has 0 radical (unpaired) electrons. The molecule has 130 valence electrons. The summed E-state index contributed by atoms with van der Waals surface area (Å²) in [5, 5.41) is 7.37. The standard InChI is InChI=1S/C18H20N4O3/c1-18(2,3)22-14(10-4-5-10)9-13(21-22)16(23)19-11-6-7-15-12(8-11)20-17(24)25-15/h6-10H,4-5H2,1-3H3,(H,19,23)(H,20,24). The summed E-state index contributed by atoms with van der Waals surface area (Å²) in [5.74, 6) is -0.285. The van der Waals surface area contributed by atoms with E-state index in [1.54, 1.807) is 18.2 Å². The van der Waals surface area contributed by atoms with Crippen LogP contribution in [0.25, 0.3) is 11.1 Å². The average molecular weight is 340 g/mol. The second-order valence-corrected chi connectivity index (χ2v) is 7.49. The van der Waals surface area contributed by atoms with Gasteiger partial charge in [-0.3, -0.25) is 14.5 Å². The van der Waals surface area contributed by atoms with Gasteiger partial charge < -0.3 is 9.73 Å². The minimum absolute atomic E-state index is 0.175. The fourth-order valence-corrected chi connectivity index (χ4v) is 2.94. The Morgan fingerprint density at radius 1 is 1.32 bits per heavy atom. The Kier molecular flexibility index (Phi) is 3.35. The number of H-pyrrole nitrogens is 1. The Hall–Kier alpha value is -2.83. The number of oxazole rings is 1. The molecule has 25 heavy (non-hydrogen) atoms. The number of hydrogen-bond donors (Lipinski definition) is 2. The van der Waals surface area contributed by atoms with Gasteiger partial charge in [-0.25, -0.2) is 4.79 Å². The monoisotopic (exact) mass is 340 g/mol. The van der Waals surface area contributed by atoms with Crippen molar-refractivity contribution in [2.45, 2.75) is 45.1 Å². The zero-order valence-corrected chi connectivity index (χ0v) is 14.4. The van der Waals surface area contributed by atoms with Crippen molar-refractivity contribution in [2.24, 2.45) is 0 Å². The molecule has 4 rings (SSSR count). The van der Waals surface area contributed by atoms with E-state index in [0.29, 0.717) is 28.4 Å². The maximum Gasteiger partial charge on any atom is 0.417 e. The summed E-state index contributed by atoms with van der Waals surface area (Å²) in [6.07, 6.45) is 2.29. The van der Waals surface area contributed by atoms with Crippen LogP contribution in [0.2, 0.25) is 0 Å². The van der Waals surface area contributed by atoms with Crippen molar-refractivity contribution in [3.63, 3.8) is 0 Å². The lowest BCUT2D eigenvalue weighted by atomic mass is 10.1. The highest BCUT2D eigenvalue weighted by Gasteiger charge is 2.32. The molecular formula is C18H20N4O3. The average Bonchev–Trinajstić information content (AvgIpc) is 3.14. The van der Waals surface area contributed by atoms with Crippen molar-refractivity contribution in [3.05, 3.63) is 46.2 Å². The van der Waals surface area contributed by atoms with Crippen LogP contribution in [0.15, 0.2) is 33.5 Å². The molecule has 0 aliphatic heterocycles. The van der Waals surface area contributed by atoms with Gasteiger partial charge in [-0.1, -0.05) is 0 Å². The van der Waals surface area contributed by atoms with Crippen molar-refractivity contribution >= 4 is 22.7 Å². The van der Waals surface area contributed by atoms with Crippen LogP contribution in [0.4, 0.5) is 5.69 Å². The van der Waals surface area contributed by atoms with E-state index < -0.39 is 5.76 Å². The second kappa shape index (κ2) is 5.34. The number of aromatic nitrogens is 3. The van der Waals surface area contributed by atoms with Crippen molar-refractivity contribution in [3.8, 4) is 0 Å². The van der Waals surface area contributed by atoms with Crippen LogP contribution < -0.4 is 11.1 Å². The number of nitrogens with one attached hydrogen (secondary N) is 2. The molecule has 1 amide bonds. The van der Waals surface area contributed by atoms with Crippen molar-refractivity contribution in [2.75, 3.05) is 5.32 Å². The van der Waals surface area contributed by atoms with Crippen molar-refractivity contribution in [1.29, 1.82) is 0 Å². The number of nitrogens with zero attached hydrogens (tertiary/aromatic N) is 2.